The number of nitrogens with zero attached hydrogens (tertiary/aromatic N) is 2. The maximum atomic E-state index is 5.21. The van der Waals surface area contributed by atoms with Crippen LogP contribution < -0.4 is 0 Å². The SMILES string of the molecule is c1ccc(-c2cc(-c3ccccc3)nc(-n3c4ccccc4c4c5sccc5ccc43)c2)cc1. The first kappa shape index (κ1) is 19.3. The van der Waals surface area contributed by atoms with Crippen LogP contribution in [-0.2, 0) is 0 Å². The van der Waals surface area contributed by atoms with Crippen molar-refractivity contribution < 1.29 is 0 Å². The number of fused-ring (bicyclic) bond motifs is 5. The Kier molecular flexibility index (Phi) is 4.36. The second-order valence-corrected chi connectivity index (χ2v) is 9.40. The summed E-state index contributed by atoms with van der Waals surface area (Å²) < 4.78 is 3.65. The van der Waals surface area contributed by atoms with Gasteiger partial charge < -0.3 is 0 Å². The third-order valence-electron chi connectivity index (χ3n) is 6.47. The highest BCUT2D eigenvalue weighted by molar-refractivity contribution is 7.18. The fourth-order valence-electron chi connectivity index (χ4n) is 4.91. The molecule has 7 rings (SSSR count). The lowest BCUT2D eigenvalue weighted by Crippen LogP contribution is -2.00. The van der Waals surface area contributed by atoms with E-state index in [-0.39, 0.29) is 0 Å². The zero-order chi connectivity index (χ0) is 22.5. The van der Waals surface area contributed by atoms with Gasteiger partial charge >= 0.3 is 0 Å². The van der Waals surface area contributed by atoms with E-state index in [2.05, 4.69) is 119 Å². The Hall–Kier alpha value is -4.21. The Morgan fingerprint density at radius 3 is 2.15 bits per heavy atom. The molecule has 7 aromatic rings. The molecule has 0 unspecified atom stereocenters. The van der Waals surface area contributed by atoms with Crippen LogP contribution in [0.4, 0.5) is 0 Å². The van der Waals surface area contributed by atoms with Gasteiger partial charge in [0.2, 0.25) is 0 Å². The van der Waals surface area contributed by atoms with E-state index in [1.165, 1.54) is 37.5 Å². The first-order valence-electron chi connectivity index (χ1n) is 11.4. The Labute approximate surface area is 201 Å². The van der Waals surface area contributed by atoms with Gasteiger partial charge in [0.1, 0.15) is 5.82 Å². The van der Waals surface area contributed by atoms with E-state index in [9.17, 15) is 0 Å². The summed E-state index contributed by atoms with van der Waals surface area (Å²) in [5, 5.41) is 6.03. The molecule has 0 radical (unpaired) electrons. The smallest absolute Gasteiger partial charge is 0.138 e. The number of hydrogen-bond acceptors (Lipinski definition) is 2. The molecule has 0 fully saturated rings. The van der Waals surface area contributed by atoms with Crippen molar-refractivity contribution in [1.82, 2.24) is 9.55 Å². The van der Waals surface area contributed by atoms with Gasteiger partial charge in [-0.05, 0) is 52.2 Å². The number of hydrogen-bond donors (Lipinski definition) is 0. The summed E-state index contributed by atoms with van der Waals surface area (Å²) in [6.07, 6.45) is 0. The summed E-state index contributed by atoms with van der Waals surface area (Å²) in [5.74, 6) is 0.933. The van der Waals surface area contributed by atoms with Crippen molar-refractivity contribution in [3.8, 4) is 28.2 Å². The lowest BCUT2D eigenvalue weighted by molar-refractivity contribution is 1.08. The van der Waals surface area contributed by atoms with Crippen molar-refractivity contribution in [3.05, 3.63) is 121 Å². The van der Waals surface area contributed by atoms with Crippen LogP contribution >= 0.6 is 11.3 Å². The van der Waals surface area contributed by atoms with Gasteiger partial charge in [0, 0.05) is 21.0 Å². The number of para-hydroxylation sites is 1. The lowest BCUT2D eigenvalue weighted by Gasteiger charge is -2.13. The second kappa shape index (κ2) is 7.68. The van der Waals surface area contributed by atoms with Crippen LogP contribution in [0.1, 0.15) is 0 Å². The third-order valence-corrected chi connectivity index (χ3v) is 7.42. The van der Waals surface area contributed by atoms with Crippen LogP contribution in [0.3, 0.4) is 0 Å². The quantitative estimate of drug-likeness (QED) is 0.262. The molecule has 34 heavy (non-hydrogen) atoms. The highest BCUT2D eigenvalue weighted by Crippen LogP contribution is 2.39. The summed E-state index contributed by atoms with van der Waals surface area (Å²) >= 11 is 1.81. The monoisotopic (exact) mass is 452 g/mol. The maximum absolute atomic E-state index is 5.21. The number of aromatic nitrogens is 2. The first-order chi connectivity index (χ1) is 16.9. The highest BCUT2D eigenvalue weighted by atomic mass is 32.1. The fourth-order valence-corrected chi connectivity index (χ4v) is 5.87. The van der Waals surface area contributed by atoms with Gasteiger partial charge in [-0.1, -0.05) is 84.9 Å². The number of rotatable bonds is 3. The minimum absolute atomic E-state index is 0.933. The van der Waals surface area contributed by atoms with Gasteiger partial charge in [0.05, 0.1) is 16.7 Å². The van der Waals surface area contributed by atoms with E-state index < -0.39 is 0 Å². The highest BCUT2D eigenvalue weighted by Gasteiger charge is 2.17. The largest absolute Gasteiger partial charge is 0.294 e. The van der Waals surface area contributed by atoms with Gasteiger partial charge in [0.25, 0.3) is 0 Å². The minimum Gasteiger partial charge on any atom is -0.294 e. The van der Waals surface area contributed by atoms with Gasteiger partial charge in [-0.2, -0.15) is 0 Å². The van der Waals surface area contributed by atoms with Gasteiger partial charge in [-0.15, -0.1) is 11.3 Å². The fraction of sp³-hybridized carbons (Fsp3) is 0. The molecule has 0 aliphatic rings. The number of pyridine rings is 1. The van der Waals surface area contributed by atoms with Crippen LogP contribution in [0.2, 0.25) is 0 Å². The Bertz CT molecular complexity index is 1740. The topological polar surface area (TPSA) is 17.8 Å². The molecule has 160 valence electrons. The molecule has 0 saturated carbocycles. The van der Waals surface area contributed by atoms with Crippen molar-refractivity contribution in [3.63, 3.8) is 0 Å². The van der Waals surface area contributed by atoms with Gasteiger partial charge in [-0.3, -0.25) is 4.57 Å². The molecule has 0 aliphatic carbocycles. The summed E-state index contributed by atoms with van der Waals surface area (Å²) in [7, 11) is 0. The molecule has 0 saturated heterocycles. The molecular formula is C31H20N2S. The molecule has 4 aromatic carbocycles. The molecule has 3 aromatic heterocycles. The van der Waals surface area contributed by atoms with Crippen molar-refractivity contribution in [2.45, 2.75) is 0 Å². The molecule has 0 bridgehead atoms. The average Bonchev–Trinajstić information content (AvgIpc) is 3.52. The summed E-state index contributed by atoms with van der Waals surface area (Å²) in [5.41, 5.74) is 6.79. The first-order valence-corrected chi connectivity index (χ1v) is 12.3. The van der Waals surface area contributed by atoms with Crippen LogP contribution in [0.15, 0.2) is 121 Å². The normalized spacial score (nSPS) is 11.5. The molecule has 0 aliphatic heterocycles. The summed E-state index contributed by atoms with van der Waals surface area (Å²) in [6.45, 7) is 0. The predicted molar refractivity (Wildman–Crippen MR) is 145 cm³/mol. The van der Waals surface area contributed by atoms with Crippen molar-refractivity contribution in [2.24, 2.45) is 0 Å². The predicted octanol–water partition coefficient (Wildman–Crippen LogP) is 8.73. The lowest BCUT2D eigenvalue weighted by atomic mass is 10.0. The summed E-state index contributed by atoms with van der Waals surface area (Å²) in [4.78, 5) is 5.21. The Balaban J connectivity index is 1.59. The van der Waals surface area contributed by atoms with E-state index in [4.69, 9.17) is 4.98 Å². The van der Waals surface area contributed by atoms with E-state index in [0.717, 1.165) is 22.6 Å². The Morgan fingerprint density at radius 1 is 0.588 bits per heavy atom. The third kappa shape index (κ3) is 2.98. The van der Waals surface area contributed by atoms with Crippen LogP contribution in [0, 0.1) is 0 Å². The Morgan fingerprint density at radius 2 is 1.32 bits per heavy atom. The molecule has 3 heteroatoms. The molecule has 0 atom stereocenters. The molecule has 3 heterocycles. The van der Waals surface area contributed by atoms with E-state index in [0.29, 0.717) is 0 Å². The number of benzene rings is 4. The molecule has 0 amide bonds. The zero-order valence-electron chi connectivity index (χ0n) is 18.3. The van der Waals surface area contributed by atoms with Crippen molar-refractivity contribution in [2.75, 3.05) is 0 Å². The molecule has 0 spiro atoms. The summed E-state index contributed by atoms with van der Waals surface area (Å²) in [6, 6.07) is 40.7. The zero-order valence-corrected chi connectivity index (χ0v) is 19.2. The van der Waals surface area contributed by atoms with E-state index in [1.807, 2.05) is 6.07 Å². The number of thiophene rings is 1. The average molecular weight is 453 g/mol. The van der Waals surface area contributed by atoms with Crippen molar-refractivity contribution >= 4 is 43.2 Å². The van der Waals surface area contributed by atoms with Gasteiger partial charge in [-0.25, -0.2) is 4.98 Å². The van der Waals surface area contributed by atoms with Crippen molar-refractivity contribution in [1.29, 1.82) is 0 Å². The van der Waals surface area contributed by atoms with Crippen LogP contribution in [0.5, 0.6) is 0 Å². The molecular weight excluding hydrogens is 432 g/mol. The van der Waals surface area contributed by atoms with Gasteiger partial charge in [0.15, 0.2) is 0 Å². The van der Waals surface area contributed by atoms with E-state index in [1.54, 1.807) is 11.3 Å². The standard InChI is InChI=1S/C31H20N2S/c1-3-9-21(10-4-1)24-19-26(22-11-5-2-6-12-22)32-29(20-24)33-27-14-8-7-13-25(27)30-28(33)16-15-23-17-18-34-31(23)30/h1-20H. The van der Waals surface area contributed by atoms with E-state index >= 15 is 0 Å². The minimum atomic E-state index is 0.933. The maximum Gasteiger partial charge on any atom is 0.138 e. The molecule has 2 nitrogen and oxygen atoms in total. The second-order valence-electron chi connectivity index (χ2n) is 8.48. The molecule has 0 N–H and O–H groups in total. The van der Waals surface area contributed by atoms with Crippen LogP contribution in [-0.4, -0.2) is 9.55 Å². The van der Waals surface area contributed by atoms with Crippen LogP contribution in [0.25, 0.3) is 60.1 Å².